The van der Waals surface area contributed by atoms with Gasteiger partial charge in [-0.05, 0) is 0 Å². The quantitative estimate of drug-likeness (QED) is 0.500. The third-order valence-electron chi connectivity index (χ3n) is 0.533. The van der Waals surface area contributed by atoms with E-state index < -0.39 is 3.79 Å². The number of hydrogen-bond donors (Lipinski definition) is 0. The minimum atomic E-state index is -0.980. The molecule has 7 heavy (non-hydrogen) atoms. The van der Waals surface area contributed by atoms with Gasteiger partial charge in [-0.3, -0.25) is 0 Å². The summed E-state index contributed by atoms with van der Waals surface area (Å²) < 4.78 is 0.143. The summed E-state index contributed by atoms with van der Waals surface area (Å²) in [6, 6.07) is 0. The molecule has 0 heterocycles. The van der Waals surface area contributed by atoms with E-state index in [1.807, 2.05) is 0 Å². The third-order valence-corrected chi connectivity index (χ3v) is 2.53. The molecule has 0 amide bonds. The molecule has 0 nitrogen and oxygen atoms in total. The molecule has 0 aliphatic carbocycles. The molecular weight excluding hydrogens is 261 g/mol. The maximum absolute atomic E-state index is 5.40. The Kier molecular flexibility index (Phi) is 4.52. The summed E-state index contributed by atoms with van der Waals surface area (Å²) in [5.74, 6) is 0. The number of halogens is 3. The number of hydrogen-bond acceptors (Lipinski definition) is 0. The Morgan fingerprint density at radius 3 is 1.71 bits per heavy atom. The maximum atomic E-state index is 5.40. The van der Waals surface area contributed by atoms with Crippen molar-refractivity contribution in [2.45, 2.75) is 14.7 Å². The molecule has 0 rings (SSSR count). The van der Waals surface area contributed by atoms with Crippen LogP contribution in [0.1, 0.15) is 6.42 Å². The van der Waals surface area contributed by atoms with Gasteiger partial charge in [0, 0.05) is 0 Å². The predicted octanol–water partition coefficient (Wildman–Crippen LogP) is 1.53. The summed E-state index contributed by atoms with van der Waals surface area (Å²) in [6.07, 6.45) is 0.730. The van der Waals surface area contributed by atoms with E-state index in [-0.39, 0.29) is 0 Å². The Morgan fingerprint density at radius 1 is 1.29 bits per heavy atom. The number of alkyl halides is 3. The molecular formula is C3H7Cl3Sn. The van der Waals surface area contributed by atoms with E-state index in [0.29, 0.717) is 22.5 Å². The fraction of sp³-hybridized carbons (Fsp3) is 1.00. The molecule has 0 saturated heterocycles. The van der Waals surface area contributed by atoms with Crippen LogP contribution in [-0.2, 0) is 0 Å². The van der Waals surface area contributed by atoms with Crippen molar-refractivity contribution in [1.82, 2.24) is 0 Å². The molecule has 0 N–H and O–H groups in total. The second-order valence-electron chi connectivity index (χ2n) is 1.37. The molecule has 0 atom stereocenters. The molecule has 0 spiro atoms. The minimum absolute atomic E-state index is 0.677. The Labute approximate surface area is 71.6 Å². The first-order valence-corrected chi connectivity index (χ1v) is 7.30. The van der Waals surface area contributed by atoms with Crippen LogP contribution < -0.4 is 0 Å². The van der Waals surface area contributed by atoms with Gasteiger partial charge in [0.2, 0.25) is 0 Å². The van der Waals surface area contributed by atoms with Gasteiger partial charge in [-0.2, -0.15) is 0 Å². The van der Waals surface area contributed by atoms with Gasteiger partial charge in [-0.25, -0.2) is 0 Å². The summed E-state index contributed by atoms with van der Waals surface area (Å²) in [5, 5.41) is 0. The van der Waals surface area contributed by atoms with Crippen LogP contribution in [0.4, 0.5) is 0 Å². The Balaban J connectivity index is 3.15. The van der Waals surface area contributed by atoms with Crippen LogP contribution in [0.3, 0.4) is 0 Å². The Bertz CT molecular complexity index is 48.6. The van der Waals surface area contributed by atoms with Gasteiger partial charge < -0.3 is 0 Å². The van der Waals surface area contributed by atoms with Crippen molar-refractivity contribution in [3.63, 3.8) is 0 Å². The van der Waals surface area contributed by atoms with E-state index >= 15 is 0 Å². The normalized spacial score (nSPS) is 12.4. The first-order valence-electron chi connectivity index (χ1n) is 2.13. The Hall–Kier alpha value is 1.67. The van der Waals surface area contributed by atoms with Crippen molar-refractivity contribution in [3.8, 4) is 0 Å². The zero-order valence-corrected chi connectivity index (χ0v) is 12.0. The van der Waals surface area contributed by atoms with Crippen LogP contribution in [0.2, 0.25) is 4.44 Å². The van der Waals surface area contributed by atoms with Crippen LogP contribution in [0.15, 0.2) is 0 Å². The van der Waals surface area contributed by atoms with Crippen LogP contribution >= 0.6 is 34.8 Å². The van der Waals surface area contributed by atoms with Crippen LogP contribution in [0, 0.1) is 0 Å². The van der Waals surface area contributed by atoms with E-state index in [1.165, 1.54) is 0 Å². The second-order valence-corrected chi connectivity index (χ2v) is 6.74. The van der Waals surface area contributed by atoms with Gasteiger partial charge in [0.15, 0.2) is 0 Å². The van der Waals surface area contributed by atoms with Crippen LogP contribution in [-0.4, -0.2) is 26.3 Å². The van der Waals surface area contributed by atoms with Crippen molar-refractivity contribution in [1.29, 1.82) is 0 Å². The second kappa shape index (κ2) is 3.65. The molecule has 4 heteroatoms. The van der Waals surface area contributed by atoms with Crippen molar-refractivity contribution < 1.29 is 0 Å². The van der Waals surface area contributed by atoms with Crippen LogP contribution in [0.25, 0.3) is 0 Å². The van der Waals surface area contributed by atoms with E-state index in [4.69, 9.17) is 34.8 Å². The van der Waals surface area contributed by atoms with Crippen LogP contribution in [0.5, 0.6) is 0 Å². The standard InChI is InChI=1S/C3H4Cl3.Sn.3H/c1-2-3(4,5)6;;;;/h1-2H2;;;;. The monoisotopic (exact) mass is 268 g/mol. The van der Waals surface area contributed by atoms with E-state index in [0.717, 1.165) is 10.9 Å². The first kappa shape index (κ1) is 8.67. The molecule has 0 aromatic rings. The van der Waals surface area contributed by atoms with Crippen molar-refractivity contribution >= 4 is 57.3 Å². The summed E-state index contributed by atoms with van der Waals surface area (Å²) in [6.45, 7) is 0. The van der Waals surface area contributed by atoms with E-state index in [1.54, 1.807) is 0 Å². The van der Waals surface area contributed by atoms with Gasteiger partial charge in [0.05, 0.1) is 0 Å². The fourth-order valence-corrected chi connectivity index (χ4v) is 5.70. The van der Waals surface area contributed by atoms with E-state index in [9.17, 15) is 0 Å². The van der Waals surface area contributed by atoms with Crippen molar-refractivity contribution in [2.24, 2.45) is 0 Å². The van der Waals surface area contributed by atoms with Gasteiger partial charge in [0.1, 0.15) is 0 Å². The zero-order valence-electron chi connectivity index (χ0n) is 4.05. The summed E-state index contributed by atoms with van der Waals surface area (Å²) in [4.78, 5) is 0. The third kappa shape index (κ3) is 7.67. The number of rotatable bonds is 1. The predicted molar refractivity (Wildman–Crippen MR) is 39.7 cm³/mol. The van der Waals surface area contributed by atoms with Gasteiger partial charge >= 0.3 is 72.0 Å². The fourth-order valence-electron chi connectivity index (χ4n) is 0.283. The SMILES string of the molecule is ClC(Cl)(Cl)C[CH2][SnH3]. The first-order chi connectivity index (χ1) is 3.06. The zero-order chi connectivity index (χ0) is 5.91. The Morgan fingerprint density at radius 2 is 1.71 bits per heavy atom. The van der Waals surface area contributed by atoms with Crippen molar-refractivity contribution in [2.75, 3.05) is 0 Å². The summed E-state index contributed by atoms with van der Waals surface area (Å²) >= 11 is 16.9. The van der Waals surface area contributed by atoms with Gasteiger partial charge in [0.25, 0.3) is 0 Å². The molecule has 44 valence electrons. The topological polar surface area (TPSA) is 0 Å². The average Bonchev–Trinajstić information content (AvgIpc) is 1.30. The van der Waals surface area contributed by atoms with E-state index in [2.05, 4.69) is 0 Å². The average molecular weight is 268 g/mol. The van der Waals surface area contributed by atoms with Gasteiger partial charge in [-0.15, -0.1) is 0 Å². The molecule has 0 saturated carbocycles. The molecule has 0 aliphatic heterocycles. The molecule has 0 bridgehead atoms. The molecule has 0 aromatic carbocycles. The van der Waals surface area contributed by atoms with Crippen molar-refractivity contribution in [3.05, 3.63) is 0 Å². The summed E-state index contributed by atoms with van der Waals surface area (Å²) in [7, 11) is 0. The molecule has 0 aliphatic rings. The molecule has 0 radical (unpaired) electrons. The van der Waals surface area contributed by atoms with Gasteiger partial charge in [-0.1, -0.05) is 0 Å². The molecule has 0 aromatic heterocycles. The summed E-state index contributed by atoms with van der Waals surface area (Å²) in [5.41, 5.74) is 0. The molecule has 0 unspecified atom stereocenters. The molecule has 0 fully saturated rings.